The van der Waals surface area contributed by atoms with Crippen molar-refractivity contribution >= 4 is 20.8 Å². The monoisotopic (exact) mass is 352 g/mol. The standard InChI is InChI=1S/2C5H13N.H2O7S2/c2*1-4-6(3)5-2;1-8(2,3)7-9(4,5)6/h2*4-5H2,1-3H3;(H,1,2,3)(H,4,5,6). The van der Waals surface area contributed by atoms with Crippen LogP contribution in [0.3, 0.4) is 0 Å². The summed E-state index contributed by atoms with van der Waals surface area (Å²) in [5.41, 5.74) is 0. The molecule has 0 heterocycles. The quantitative estimate of drug-likeness (QED) is 0.385. The van der Waals surface area contributed by atoms with Crippen LogP contribution in [0.4, 0.5) is 0 Å². The van der Waals surface area contributed by atoms with Gasteiger partial charge in [-0.05, 0) is 27.7 Å². The molecule has 0 amide bonds. The van der Waals surface area contributed by atoms with E-state index < -0.39 is 20.8 Å². The fourth-order valence-electron chi connectivity index (χ4n) is 0.602. The molecule has 0 saturated carbocycles. The summed E-state index contributed by atoms with van der Waals surface area (Å²) in [6.45, 7) is 13.8. The van der Waals surface area contributed by atoms with E-state index in [1.165, 1.54) is 26.2 Å². The molecule has 0 rings (SSSR count). The maximum absolute atomic E-state index is 9.29. The van der Waals surface area contributed by atoms with E-state index in [4.69, 9.17) is 0 Å². The molecule has 2 N–H and O–H groups in total. The zero-order valence-electron chi connectivity index (χ0n) is 13.5. The van der Waals surface area contributed by atoms with Crippen LogP contribution in [-0.2, 0) is 24.4 Å². The van der Waals surface area contributed by atoms with Gasteiger partial charge >= 0.3 is 0 Å². The summed E-state index contributed by atoms with van der Waals surface area (Å²) in [7, 11) is -6.48. The molecule has 0 aromatic rings. The van der Waals surface area contributed by atoms with E-state index in [0.29, 0.717) is 0 Å². The number of hydrogen-bond acceptors (Lipinski definition) is 7. The minimum atomic E-state index is -5.43. The first-order valence-corrected chi connectivity index (χ1v) is 9.24. The van der Waals surface area contributed by atoms with Crippen molar-refractivity contribution in [2.24, 2.45) is 0 Å². The van der Waals surface area contributed by atoms with Gasteiger partial charge in [-0.25, -0.2) is 16.8 Å². The van der Waals surface area contributed by atoms with Crippen molar-refractivity contribution in [2.45, 2.75) is 27.7 Å². The van der Waals surface area contributed by atoms with Crippen molar-refractivity contribution in [1.29, 1.82) is 0 Å². The molecule has 0 unspecified atom stereocenters. The zero-order chi connectivity index (χ0) is 17.7. The second-order valence-corrected chi connectivity index (χ2v) is 6.39. The van der Waals surface area contributed by atoms with Gasteiger partial charge < -0.3 is 18.9 Å². The van der Waals surface area contributed by atoms with Crippen LogP contribution < -0.4 is 9.80 Å². The number of nitrogens with one attached hydrogen (secondary N) is 2. The van der Waals surface area contributed by atoms with Crippen LogP contribution >= 0.6 is 0 Å². The van der Waals surface area contributed by atoms with Gasteiger partial charge in [0.15, 0.2) is 0 Å². The van der Waals surface area contributed by atoms with E-state index in [1.807, 2.05) is 0 Å². The Bertz CT molecular complexity index is 375. The van der Waals surface area contributed by atoms with Crippen LogP contribution in [0, 0.1) is 0 Å². The van der Waals surface area contributed by atoms with Gasteiger partial charge in [-0.2, -0.15) is 3.63 Å². The highest BCUT2D eigenvalue weighted by molar-refractivity contribution is 7.94. The fourth-order valence-corrected chi connectivity index (χ4v) is 1.42. The van der Waals surface area contributed by atoms with Crippen LogP contribution in [-0.4, -0.2) is 66.2 Å². The Balaban J connectivity index is -0.000000240. The molecule has 11 heteroatoms. The largest absolute Gasteiger partial charge is 0.725 e. The molecule has 0 radical (unpaired) electrons. The normalized spacial score (nSPS) is 11.5. The SMILES string of the molecule is CC[NH+](C)CC.CC[NH+](C)CC.O=S(=O)([O-])OS(=O)(=O)[O-]. The van der Waals surface area contributed by atoms with Crippen LogP contribution in [0.5, 0.6) is 0 Å². The fraction of sp³-hybridized carbons (Fsp3) is 1.00. The second-order valence-electron chi connectivity index (χ2n) is 4.21. The Kier molecular flexibility index (Phi) is 16.3. The molecular weight excluding hydrogens is 324 g/mol. The Labute approximate surface area is 128 Å². The zero-order valence-corrected chi connectivity index (χ0v) is 15.1. The first kappa shape index (κ1) is 25.6. The molecule has 132 valence electrons. The topological polar surface area (TPSA) is 133 Å². The lowest BCUT2D eigenvalue weighted by molar-refractivity contribution is -0.875. The molecule has 0 aliphatic carbocycles. The average molecular weight is 352 g/mol. The lowest BCUT2D eigenvalue weighted by atomic mass is 10.6. The lowest BCUT2D eigenvalue weighted by Gasteiger charge is -2.08. The molecule has 0 spiro atoms. The summed E-state index contributed by atoms with van der Waals surface area (Å²) in [4.78, 5) is 3.19. The molecule has 0 fully saturated rings. The highest BCUT2D eigenvalue weighted by Crippen LogP contribution is 1.91. The summed E-state index contributed by atoms with van der Waals surface area (Å²) < 4.78 is 58.2. The van der Waals surface area contributed by atoms with Crippen molar-refractivity contribution in [2.75, 3.05) is 40.3 Å². The first-order chi connectivity index (χ1) is 9.32. The molecule has 9 nitrogen and oxygen atoms in total. The Morgan fingerprint density at radius 2 is 0.905 bits per heavy atom. The first-order valence-electron chi connectivity index (χ1n) is 6.58. The second kappa shape index (κ2) is 13.4. The molecular formula is C10H28N2O7S2. The van der Waals surface area contributed by atoms with E-state index in [1.54, 1.807) is 9.80 Å². The van der Waals surface area contributed by atoms with Gasteiger partial charge in [0.05, 0.1) is 40.3 Å². The highest BCUT2D eigenvalue weighted by atomic mass is 32.3. The van der Waals surface area contributed by atoms with Crippen molar-refractivity contribution in [3.05, 3.63) is 0 Å². The van der Waals surface area contributed by atoms with Gasteiger partial charge in [-0.1, -0.05) is 0 Å². The number of rotatable bonds is 6. The summed E-state index contributed by atoms with van der Waals surface area (Å²) in [5, 5.41) is 0. The Morgan fingerprint density at radius 3 is 0.905 bits per heavy atom. The Morgan fingerprint density at radius 1 is 0.714 bits per heavy atom. The van der Waals surface area contributed by atoms with Gasteiger partial charge in [-0.15, -0.1) is 0 Å². The van der Waals surface area contributed by atoms with Gasteiger partial charge in [0, 0.05) is 0 Å². The van der Waals surface area contributed by atoms with E-state index >= 15 is 0 Å². The van der Waals surface area contributed by atoms with Gasteiger partial charge in [0.2, 0.25) is 20.8 Å². The Hall–Kier alpha value is -0.300. The van der Waals surface area contributed by atoms with Crippen LogP contribution in [0.2, 0.25) is 0 Å². The van der Waals surface area contributed by atoms with E-state index in [-0.39, 0.29) is 0 Å². The molecule has 0 aliphatic rings. The summed E-state index contributed by atoms with van der Waals surface area (Å²) in [6, 6.07) is 0. The van der Waals surface area contributed by atoms with Crippen molar-refractivity contribution in [3.8, 4) is 0 Å². The molecule has 21 heavy (non-hydrogen) atoms. The number of quaternary nitrogens is 2. The average Bonchev–Trinajstić information content (AvgIpc) is 2.33. The molecule has 0 aliphatic heterocycles. The molecule has 0 bridgehead atoms. The molecule has 0 atom stereocenters. The molecule has 0 aromatic carbocycles. The summed E-state index contributed by atoms with van der Waals surface area (Å²) in [5.74, 6) is 0. The van der Waals surface area contributed by atoms with Gasteiger partial charge in [0.25, 0.3) is 0 Å². The third-order valence-electron chi connectivity index (χ3n) is 2.58. The van der Waals surface area contributed by atoms with Crippen molar-refractivity contribution < 1.29 is 39.4 Å². The maximum Gasteiger partial charge on any atom is 0.231 e. The minimum absolute atomic E-state index is 1.25. The smallest absolute Gasteiger partial charge is 0.231 e. The van der Waals surface area contributed by atoms with Crippen LogP contribution in [0.25, 0.3) is 0 Å². The van der Waals surface area contributed by atoms with Crippen molar-refractivity contribution in [3.63, 3.8) is 0 Å². The van der Waals surface area contributed by atoms with Gasteiger partial charge in [-0.3, -0.25) is 0 Å². The van der Waals surface area contributed by atoms with Gasteiger partial charge in [0.1, 0.15) is 0 Å². The predicted octanol–water partition coefficient (Wildman–Crippen LogP) is -2.99. The molecule has 0 saturated heterocycles. The highest BCUT2D eigenvalue weighted by Gasteiger charge is 1.99. The number of hydrogen-bond donors (Lipinski definition) is 2. The van der Waals surface area contributed by atoms with E-state index in [2.05, 4.69) is 45.4 Å². The molecule has 0 aromatic heterocycles. The van der Waals surface area contributed by atoms with E-state index in [9.17, 15) is 25.9 Å². The van der Waals surface area contributed by atoms with Crippen LogP contribution in [0.1, 0.15) is 27.7 Å². The van der Waals surface area contributed by atoms with E-state index in [0.717, 1.165) is 0 Å². The predicted molar refractivity (Wildman–Crippen MR) is 76.4 cm³/mol. The summed E-state index contributed by atoms with van der Waals surface area (Å²) >= 11 is 0. The van der Waals surface area contributed by atoms with Crippen LogP contribution in [0.15, 0.2) is 0 Å². The third kappa shape index (κ3) is 32.9. The third-order valence-corrected chi connectivity index (χ3v) is 3.91. The van der Waals surface area contributed by atoms with Crippen molar-refractivity contribution in [1.82, 2.24) is 0 Å². The minimum Gasteiger partial charge on any atom is -0.725 e. The maximum atomic E-state index is 9.29. The lowest BCUT2D eigenvalue weighted by Crippen LogP contribution is -3.08. The summed E-state index contributed by atoms with van der Waals surface area (Å²) in [6.07, 6.45) is 0.